The maximum Gasteiger partial charge on any atom is 0.298 e. The number of nitrogens with zero attached hydrogens (tertiary/aromatic N) is 3. The van der Waals surface area contributed by atoms with E-state index in [9.17, 15) is 13.6 Å². The maximum atomic E-state index is 14.1. The van der Waals surface area contributed by atoms with Crippen molar-refractivity contribution in [1.82, 2.24) is 14.0 Å². The SMILES string of the molecule is O=c1c2nc(-c3ccc(F)cc3F)cn2ccn1-c1ccc2c(c1)CCC2. The van der Waals surface area contributed by atoms with Crippen LogP contribution in [0.2, 0.25) is 0 Å². The normalized spacial score (nSPS) is 13.3. The molecule has 0 saturated carbocycles. The van der Waals surface area contributed by atoms with Gasteiger partial charge in [0.2, 0.25) is 5.65 Å². The summed E-state index contributed by atoms with van der Waals surface area (Å²) in [6.45, 7) is 0. The molecule has 0 aliphatic heterocycles. The van der Waals surface area contributed by atoms with E-state index in [1.807, 2.05) is 12.1 Å². The van der Waals surface area contributed by atoms with Crippen molar-refractivity contribution in [2.45, 2.75) is 19.3 Å². The lowest BCUT2D eigenvalue weighted by atomic mass is 10.1. The van der Waals surface area contributed by atoms with Crippen LogP contribution in [0.25, 0.3) is 22.6 Å². The van der Waals surface area contributed by atoms with Crippen LogP contribution in [0.1, 0.15) is 17.5 Å². The third kappa shape index (κ3) is 2.56. The molecule has 0 atom stereocenters. The number of rotatable bonds is 2. The van der Waals surface area contributed by atoms with Gasteiger partial charge in [0.25, 0.3) is 5.56 Å². The third-order valence-corrected chi connectivity index (χ3v) is 5.09. The molecule has 1 aliphatic rings. The molecule has 6 heteroatoms. The van der Waals surface area contributed by atoms with E-state index in [0.717, 1.165) is 31.0 Å². The van der Waals surface area contributed by atoms with Crippen molar-refractivity contribution in [2.24, 2.45) is 0 Å². The van der Waals surface area contributed by atoms with E-state index in [4.69, 9.17) is 0 Å². The molecule has 5 rings (SSSR count). The molecule has 0 saturated heterocycles. The number of aromatic nitrogens is 3. The van der Waals surface area contributed by atoms with Crippen molar-refractivity contribution < 1.29 is 8.78 Å². The first kappa shape index (κ1) is 15.9. The van der Waals surface area contributed by atoms with Crippen molar-refractivity contribution in [3.8, 4) is 16.9 Å². The van der Waals surface area contributed by atoms with Gasteiger partial charge in [0.1, 0.15) is 11.6 Å². The number of benzene rings is 2. The second kappa shape index (κ2) is 5.87. The van der Waals surface area contributed by atoms with Crippen LogP contribution in [0, 0.1) is 11.6 Å². The zero-order valence-electron chi connectivity index (χ0n) is 14.3. The predicted molar refractivity (Wildman–Crippen MR) is 98.2 cm³/mol. The first-order chi connectivity index (χ1) is 13.1. The summed E-state index contributed by atoms with van der Waals surface area (Å²) in [5, 5.41) is 0. The van der Waals surface area contributed by atoms with Crippen LogP contribution in [0.3, 0.4) is 0 Å². The Labute approximate surface area is 153 Å². The Balaban J connectivity index is 1.65. The van der Waals surface area contributed by atoms with Crippen molar-refractivity contribution in [3.05, 3.63) is 88.1 Å². The summed E-state index contributed by atoms with van der Waals surface area (Å²) >= 11 is 0. The van der Waals surface area contributed by atoms with Crippen LogP contribution < -0.4 is 5.56 Å². The molecule has 0 amide bonds. The lowest BCUT2D eigenvalue weighted by Gasteiger charge is -2.08. The molecule has 0 radical (unpaired) electrons. The van der Waals surface area contributed by atoms with E-state index in [1.165, 1.54) is 23.3 Å². The number of fused-ring (bicyclic) bond motifs is 2. The zero-order valence-corrected chi connectivity index (χ0v) is 14.3. The fraction of sp³-hybridized carbons (Fsp3) is 0.143. The van der Waals surface area contributed by atoms with Crippen molar-refractivity contribution in [3.63, 3.8) is 0 Å². The average Bonchev–Trinajstić information content (AvgIpc) is 3.28. The van der Waals surface area contributed by atoms with E-state index in [-0.39, 0.29) is 22.5 Å². The zero-order chi connectivity index (χ0) is 18.5. The lowest BCUT2D eigenvalue weighted by molar-refractivity contribution is 0.585. The van der Waals surface area contributed by atoms with Gasteiger partial charge < -0.3 is 4.40 Å². The van der Waals surface area contributed by atoms with Gasteiger partial charge in [-0.2, -0.15) is 0 Å². The summed E-state index contributed by atoms with van der Waals surface area (Å²) in [6.07, 6.45) is 8.20. The van der Waals surface area contributed by atoms with Crippen LogP contribution in [0.5, 0.6) is 0 Å². The molecule has 4 nitrogen and oxygen atoms in total. The highest BCUT2D eigenvalue weighted by atomic mass is 19.1. The number of halogens is 2. The first-order valence-corrected chi connectivity index (χ1v) is 8.78. The Morgan fingerprint density at radius 2 is 1.81 bits per heavy atom. The maximum absolute atomic E-state index is 14.1. The molecule has 27 heavy (non-hydrogen) atoms. The topological polar surface area (TPSA) is 39.3 Å². The quantitative estimate of drug-likeness (QED) is 0.542. The van der Waals surface area contributed by atoms with Gasteiger partial charge in [-0.25, -0.2) is 13.8 Å². The van der Waals surface area contributed by atoms with Gasteiger partial charge in [-0.15, -0.1) is 0 Å². The minimum atomic E-state index is -0.711. The average molecular weight is 363 g/mol. The second-order valence-electron chi connectivity index (χ2n) is 6.76. The van der Waals surface area contributed by atoms with E-state index in [2.05, 4.69) is 11.1 Å². The lowest BCUT2D eigenvalue weighted by Crippen LogP contribution is -2.20. The number of aryl methyl sites for hydroxylation is 2. The van der Waals surface area contributed by atoms with Crippen molar-refractivity contribution in [2.75, 3.05) is 0 Å². The van der Waals surface area contributed by atoms with E-state index >= 15 is 0 Å². The van der Waals surface area contributed by atoms with E-state index in [0.29, 0.717) is 0 Å². The monoisotopic (exact) mass is 363 g/mol. The molecule has 2 aromatic heterocycles. The molecule has 1 aliphatic carbocycles. The van der Waals surface area contributed by atoms with E-state index in [1.54, 1.807) is 27.6 Å². The summed E-state index contributed by atoms with van der Waals surface area (Å²) in [6, 6.07) is 9.35. The Morgan fingerprint density at radius 1 is 0.963 bits per heavy atom. The molecule has 0 unspecified atom stereocenters. The van der Waals surface area contributed by atoms with Crippen molar-refractivity contribution in [1.29, 1.82) is 0 Å². The molecule has 134 valence electrons. The van der Waals surface area contributed by atoms with Gasteiger partial charge in [-0.1, -0.05) is 6.07 Å². The highest BCUT2D eigenvalue weighted by Crippen LogP contribution is 2.25. The van der Waals surface area contributed by atoms with Crippen LogP contribution in [0.4, 0.5) is 8.78 Å². The Morgan fingerprint density at radius 3 is 2.67 bits per heavy atom. The summed E-state index contributed by atoms with van der Waals surface area (Å²) < 4.78 is 30.3. The Hall–Kier alpha value is -3.28. The summed E-state index contributed by atoms with van der Waals surface area (Å²) in [7, 11) is 0. The molecule has 2 aromatic carbocycles. The molecule has 2 heterocycles. The molecular weight excluding hydrogens is 348 g/mol. The van der Waals surface area contributed by atoms with Crippen LogP contribution in [0.15, 0.2) is 59.8 Å². The third-order valence-electron chi connectivity index (χ3n) is 5.09. The van der Waals surface area contributed by atoms with Gasteiger partial charge in [0, 0.05) is 35.9 Å². The summed E-state index contributed by atoms with van der Waals surface area (Å²) in [5.41, 5.74) is 3.75. The summed E-state index contributed by atoms with van der Waals surface area (Å²) in [4.78, 5) is 17.2. The highest BCUT2D eigenvalue weighted by Gasteiger charge is 2.15. The first-order valence-electron chi connectivity index (χ1n) is 8.78. The standard InChI is InChI=1S/C21H15F2N3O/c22-15-5-7-17(18(23)11-15)19-12-25-8-9-26(21(27)20(25)24-19)16-6-4-13-2-1-3-14(13)10-16/h4-12H,1-3H2. The molecule has 0 fully saturated rings. The molecule has 0 N–H and O–H groups in total. The molecule has 0 bridgehead atoms. The molecular formula is C21H15F2N3O. The molecule has 4 aromatic rings. The predicted octanol–water partition coefficient (Wildman–Crippen LogP) is 3.92. The van der Waals surface area contributed by atoms with Gasteiger partial charge in [-0.3, -0.25) is 9.36 Å². The Bertz CT molecular complexity index is 1260. The fourth-order valence-corrected chi connectivity index (χ4v) is 3.72. The second-order valence-corrected chi connectivity index (χ2v) is 6.76. The number of hydrogen-bond acceptors (Lipinski definition) is 2. The largest absolute Gasteiger partial charge is 0.300 e. The van der Waals surface area contributed by atoms with Gasteiger partial charge in [0.15, 0.2) is 0 Å². The van der Waals surface area contributed by atoms with Gasteiger partial charge >= 0.3 is 0 Å². The van der Waals surface area contributed by atoms with Crippen molar-refractivity contribution >= 4 is 5.65 Å². The van der Waals surface area contributed by atoms with Crippen LogP contribution in [-0.4, -0.2) is 14.0 Å². The van der Waals surface area contributed by atoms with Crippen LogP contribution >= 0.6 is 0 Å². The van der Waals surface area contributed by atoms with E-state index < -0.39 is 11.6 Å². The number of imidazole rings is 1. The van der Waals surface area contributed by atoms with Crippen LogP contribution in [-0.2, 0) is 12.8 Å². The number of hydrogen-bond donors (Lipinski definition) is 0. The minimum Gasteiger partial charge on any atom is -0.300 e. The fourth-order valence-electron chi connectivity index (χ4n) is 3.72. The smallest absolute Gasteiger partial charge is 0.298 e. The van der Waals surface area contributed by atoms with Gasteiger partial charge in [0.05, 0.1) is 5.69 Å². The Kier molecular flexibility index (Phi) is 3.47. The molecule has 0 spiro atoms. The summed E-state index contributed by atoms with van der Waals surface area (Å²) in [5.74, 6) is -1.36. The minimum absolute atomic E-state index is 0.156. The highest BCUT2D eigenvalue weighted by molar-refractivity contribution is 5.63. The van der Waals surface area contributed by atoms with Gasteiger partial charge in [-0.05, 0) is 54.7 Å².